The van der Waals surface area contributed by atoms with Crippen LogP contribution in [0.3, 0.4) is 0 Å². The zero-order valence-corrected chi connectivity index (χ0v) is 41.7. The first-order chi connectivity index (χ1) is 29.2. The van der Waals surface area contributed by atoms with E-state index < -0.39 is 0 Å². The molecule has 5 aromatic rings. The molecule has 0 saturated carbocycles. The molecule has 4 aromatic carbocycles. The first-order valence-corrected chi connectivity index (χ1v) is 24.2. The fourth-order valence-corrected chi connectivity index (χ4v) is 12.8. The first-order valence-electron chi connectivity index (χ1n) is 24.2. The molecule has 0 bridgehead atoms. The largest absolute Gasteiger partial charge is 0.472 e. The molecule has 0 fully saturated rings. The van der Waals surface area contributed by atoms with Crippen LogP contribution in [0, 0.1) is 6.92 Å². The number of furan rings is 1. The van der Waals surface area contributed by atoms with Gasteiger partial charge in [0.15, 0.2) is 0 Å². The van der Waals surface area contributed by atoms with Gasteiger partial charge in [0.05, 0.1) is 17.0 Å². The Bertz CT molecular complexity index is 2780. The van der Waals surface area contributed by atoms with Gasteiger partial charge in [0.25, 0.3) is 6.71 Å². The SMILES string of the molecule is C=Cc1cc(C(C)(C)C)ccc1N1c2cc(C)cc3c2B(c2ccc4c(c2N3c2ccc3c(c2)C(C)(C)CCC3(C)C)C(C)(C)CCC4(C)C)c2oc3c(c21)C(C)(C)CCC3(C)C. The van der Waals surface area contributed by atoms with Gasteiger partial charge in [-0.05, 0) is 164 Å². The highest BCUT2D eigenvalue weighted by molar-refractivity contribution is 6.99. The monoisotopic (exact) mass is 837 g/mol. The summed E-state index contributed by atoms with van der Waals surface area (Å²) >= 11 is 0. The molecular weight excluding hydrogens is 763 g/mol. The molecule has 0 saturated heterocycles. The average Bonchev–Trinajstić information content (AvgIpc) is 3.62. The Morgan fingerprint density at radius 2 is 1.13 bits per heavy atom. The number of nitrogens with zero attached hydrogens (tertiary/aromatic N) is 2. The van der Waals surface area contributed by atoms with E-state index in [9.17, 15) is 0 Å². The van der Waals surface area contributed by atoms with Crippen molar-refractivity contribution in [2.24, 2.45) is 0 Å². The maximum Gasteiger partial charge on any atom is 0.297 e. The summed E-state index contributed by atoms with van der Waals surface area (Å²) in [5, 5.41) is 0. The molecule has 0 spiro atoms. The van der Waals surface area contributed by atoms with Gasteiger partial charge in [0.1, 0.15) is 5.76 Å². The van der Waals surface area contributed by atoms with E-state index in [1.807, 2.05) is 0 Å². The van der Waals surface area contributed by atoms with E-state index in [0.29, 0.717) is 0 Å². The fraction of sp³-hybridized carbons (Fsp3) is 0.492. The van der Waals surface area contributed by atoms with E-state index in [-0.39, 0.29) is 44.6 Å². The van der Waals surface area contributed by atoms with Crippen LogP contribution in [0.15, 0.2) is 71.7 Å². The molecule has 328 valence electrons. The van der Waals surface area contributed by atoms with Crippen LogP contribution in [0.2, 0.25) is 0 Å². The summed E-state index contributed by atoms with van der Waals surface area (Å²) in [4.78, 5) is 5.36. The van der Waals surface area contributed by atoms with Gasteiger partial charge >= 0.3 is 0 Å². The number of hydrogen-bond donors (Lipinski definition) is 0. The van der Waals surface area contributed by atoms with Crippen molar-refractivity contribution in [3.63, 3.8) is 0 Å². The van der Waals surface area contributed by atoms with Gasteiger partial charge in [-0.15, -0.1) is 0 Å². The molecule has 10 rings (SSSR count). The van der Waals surface area contributed by atoms with Crippen molar-refractivity contribution in [1.82, 2.24) is 0 Å². The summed E-state index contributed by atoms with van der Waals surface area (Å²) in [7, 11) is 0. The lowest BCUT2D eigenvalue weighted by Crippen LogP contribution is -2.62. The van der Waals surface area contributed by atoms with E-state index >= 15 is 0 Å². The third-order valence-electron chi connectivity index (χ3n) is 17.1. The van der Waals surface area contributed by atoms with Crippen LogP contribution in [0.1, 0.15) is 193 Å². The second-order valence-electron chi connectivity index (χ2n) is 25.5. The van der Waals surface area contributed by atoms with Gasteiger partial charge < -0.3 is 14.2 Å². The zero-order chi connectivity index (χ0) is 45.4. The van der Waals surface area contributed by atoms with Crippen molar-refractivity contribution < 1.29 is 4.42 Å². The normalized spacial score (nSPS) is 21.4. The molecule has 3 heterocycles. The van der Waals surface area contributed by atoms with Crippen LogP contribution in [-0.4, -0.2) is 6.71 Å². The van der Waals surface area contributed by atoms with E-state index in [2.05, 4.69) is 194 Å². The Morgan fingerprint density at radius 1 is 0.571 bits per heavy atom. The van der Waals surface area contributed by atoms with Gasteiger partial charge in [-0.1, -0.05) is 141 Å². The molecular formula is C59H73BN2O. The molecule has 5 aliphatic rings. The summed E-state index contributed by atoms with van der Waals surface area (Å²) < 4.78 is 7.74. The summed E-state index contributed by atoms with van der Waals surface area (Å²) in [6.07, 6.45) is 8.97. The summed E-state index contributed by atoms with van der Waals surface area (Å²) in [5.41, 5.74) is 22.5. The Labute approximate surface area is 380 Å². The zero-order valence-electron chi connectivity index (χ0n) is 41.7. The predicted molar refractivity (Wildman–Crippen MR) is 272 cm³/mol. The number of rotatable bonds is 3. The minimum atomic E-state index is -0.106. The molecule has 0 N–H and O–H groups in total. The van der Waals surface area contributed by atoms with Crippen molar-refractivity contribution in [3.05, 3.63) is 118 Å². The van der Waals surface area contributed by atoms with Gasteiger partial charge in [-0.3, -0.25) is 0 Å². The maximum absolute atomic E-state index is 7.74. The standard InChI is InChI=1S/C59H73BN2O/c1-18-36-33-37(53(3,4)5)19-24-43(36)62-45-32-35(2)31-44-48(45)60(52-50(62)47-51(63-52)59(16,17)30-29-58(47,14)15)42-23-22-40-46(57(12,13)28-27-55(40,8)9)49(42)61(44)38-20-21-39-41(34-38)56(10,11)26-25-54(39,6)7/h18-24,31-34H,1,25-30H2,2-17H3. The molecule has 1 aromatic heterocycles. The van der Waals surface area contributed by atoms with Crippen LogP contribution < -0.4 is 26.4 Å². The third-order valence-corrected chi connectivity index (χ3v) is 17.1. The molecule has 2 aliphatic heterocycles. The molecule has 3 aliphatic carbocycles. The van der Waals surface area contributed by atoms with E-state index in [1.54, 1.807) is 0 Å². The average molecular weight is 837 g/mol. The van der Waals surface area contributed by atoms with Gasteiger partial charge in [-0.25, -0.2) is 0 Å². The van der Waals surface area contributed by atoms with Crippen LogP contribution in [0.5, 0.6) is 0 Å². The lowest BCUT2D eigenvalue weighted by Gasteiger charge is -2.49. The highest BCUT2D eigenvalue weighted by Gasteiger charge is 2.54. The third kappa shape index (κ3) is 6.04. The lowest BCUT2D eigenvalue weighted by atomic mass is 9.34. The highest BCUT2D eigenvalue weighted by Crippen LogP contribution is 2.58. The number of aryl methyl sites for hydroxylation is 1. The van der Waals surface area contributed by atoms with Crippen molar-refractivity contribution in [1.29, 1.82) is 0 Å². The fourth-order valence-electron chi connectivity index (χ4n) is 12.8. The maximum atomic E-state index is 7.74. The minimum Gasteiger partial charge on any atom is -0.472 e. The topological polar surface area (TPSA) is 19.6 Å². The Morgan fingerprint density at radius 3 is 1.76 bits per heavy atom. The van der Waals surface area contributed by atoms with Crippen molar-refractivity contribution >= 4 is 63.5 Å². The van der Waals surface area contributed by atoms with Crippen LogP contribution >= 0.6 is 0 Å². The number of fused-ring (bicyclic) bond motifs is 9. The molecule has 63 heavy (non-hydrogen) atoms. The van der Waals surface area contributed by atoms with E-state index in [1.165, 1.54) is 97.6 Å². The number of benzene rings is 4. The van der Waals surface area contributed by atoms with Crippen LogP contribution in [0.25, 0.3) is 6.08 Å². The van der Waals surface area contributed by atoms with Crippen LogP contribution in [-0.2, 0) is 37.9 Å². The molecule has 4 heteroatoms. The Hall–Kier alpha value is -4.44. The van der Waals surface area contributed by atoms with Crippen molar-refractivity contribution in [2.45, 2.75) is 187 Å². The van der Waals surface area contributed by atoms with E-state index in [4.69, 9.17) is 4.42 Å². The van der Waals surface area contributed by atoms with Crippen LogP contribution in [0.4, 0.5) is 34.1 Å². The van der Waals surface area contributed by atoms with Gasteiger partial charge in [-0.2, -0.15) is 0 Å². The quantitative estimate of drug-likeness (QED) is 0.165. The summed E-state index contributed by atoms with van der Waals surface area (Å²) in [6.45, 7) is 43.2. The molecule has 0 atom stereocenters. The van der Waals surface area contributed by atoms with Gasteiger partial charge in [0.2, 0.25) is 0 Å². The second-order valence-corrected chi connectivity index (χ2v) is 25.5. The molecule has 0 radical (unpaired) electrons. The summed E-state index contributed by atoms with van der Waals surface area (Å²) in [6, 6.07) is 24.7. The Kier molecular flexibility index (Phi) is 8.84. The number of anilines is 6. The number of hydrogen-bond acceptors (Lipinski definition) is 3. The molecule has 3 nitrogen and oxygen atoms in total. The predicted octanol–water partition coefficient (Wildman–Crippen LogP) is 14.7. The minimum absolute atomic E-state index is 0.00210. The smallest absolute Gasteiger partial charge is 0.297 e. The summed E-state index contributed by atoms with van der Waals surface area (Å²) in [5.74, 6) is 1.16. The molecule has 0 unspecified atom stereocenters. The molecule has 0 amide bonds. The van der Waals surface area contributed by atoms with E-state index in [0.717, 1.165) is 41.9 Å². The lowest BCUT2D eigenvalue weighted by molar-refractivity contribution is 0.282. The van der Waals surface area contributed by atoms with Crippen molar-refractivity contribution in [2.75, 3.05) is 9.80 Å². The second kappa shape index (κ2) is 13.1. The van der Waals surface area contributed by atoms with Crippen molar-refractivity contribution in [3.8, 4) is 0 Å². The Balaban J connectivity index is 1.37. The van der Waals surface area contributed by atoms with Gasteiger partial charge in [0, 0.05) is 33.7 Å². The first kappa shape index (κ1) is 42.5. The highest BCUT2D eigenvalue weighted by atomic mass is 16.3.